The minimum atomic E-state index is 0.422. The van der Waals surface area contributed by atoms with Crippen LogP contribution in [0, 0.1) is 6.92 Å². The van der Waals surface area contributed by atoms with Crippen LogP contribution in [0.15, 0.2) is 11.4 Å². The third-order valence-corrected chi connectivity index (χ3v) is 4.41. The van der Waals surface area contributed by atoms with E-state index in [0.29, 0.717) is 6.04 Å². The lowest BCUT2D eigenvalue weighted by Gasteiger charge is -2.16. The molecule has 5 heteroatoms. The number of rotatable bonds is 7. The van der Waals surface area contributed by atoms with E-state index < -0.39 is 0 Å². The molecule has 0 aliphatic heterocycles. The molecule has 0 saturated heterocycles. The number of thiazole rings is 1. The fraction of sp³-hybridized carbons (Fsp3) is 0.600. The van der Waals surface area contributed by atoms with Crippen molar-refractivity contribution in [3.63, 3.8) is 0 Å². The van der Waals surface area contributed by atoms with E-state index in [1.165, 1.54) is 16.4 Å². The number of aryl methyl sites for hydroxylation is 3. The van der Waals surface area contributed by atoms with E-state index in [-0.39, 0.29) is 0 Å². The monoisotopic (exact) mass is 292 g/mol. The molecule has 4 nitrogen and oxygen atoms in total. The largest absolute Gasteiger partial charge is 0.313 e. The Balaban J connectivity index is 2.06. The molecule has 1 unspecified atom stereocenters. The SMILES string of the molecule is CCNC(Cc1nc(C)cs1)Cc1cc(CC)nn1C. The van der Waals surface area contributed by atoms with Crippen LogP contribution in [0.5, 0.6) is 0 Å². The van der Waals surface area contributed by atoms with Gasteiger partial charge in [0.1, 0.15) is 0 Å². The van der Waals surface area contributed by atoms with Crippen LogP contribution >= 0.6 is 11.3 Å². The molecule has 0 radical (unpaired) electrons. The molecule has 0 aromatic carbocycles. The molecule has 1 N–H and O–H groups in total. The lowest BCUT2D eigenvalue weighted by Crippen LogP contribution is -2.33. The van der Waals surface area contributed by atoms with Crippen molar-refractivity contribution in [2.24, 2.45) is 7.05 Å². The van der Waals surface area contributed by atoms with Crippen LogP contribution in [0.3, 0.4) is 0 Å². The van der Waals surface area contributed by atoms with Gasteiger partial charge < -0.3 is 5.32 Å². The highest BCUT2D eigenvalue weighted by atomic mass is 32.1. The van der Waals surface area contributed by atoms with Crippen LogP contribution < -0.4 is 5.32 Å². The molecule has 110 valence electrons. The summed E-state index contributed by atoms with van der Waals surface area (Å²) in [4.78, 5) is 4.57. The van der Waals surface area contributed by atoms with Gasteiger partial charge in [0.15, 0.2) is 0 Å². The standard InChI is InChI=1S/C15H24N4S/c1-5-12-7-14(19(4)18-12)8-13(16-6-2)9-15-17-11(3)10-20-15/h7,10,13,16H,5-6,8-9H2,1-4H3. The summed E-state index contributed by atoms with van der Waals surface area (Å²) in [5, 5.41) is 11.4. The Kier molecular flexibility index (Phi) is 5.31. The summed E-state index contributed by atoms with van der Waals surface area (Å²) in [5.41, 5.74) is 3.58. The molecule has 1 atom stereocenters. The van der Waals surface area contributed by atoms with Crippen molar-refractivity contribution in [3.05, 3.63) is 33.5 Å². The summed E-state index contributed by atoms with van der Waals surface area (Å²) < 4.78 is 2.01. The number of nitrogens with one attached hydrogen (secondary N) is 1. The molecule has 2 heterocycles. The van der Waals surface area contributed by atoms with Gasteiger partial charge in [0.25, 0.3) is 0 Å². The van der Waals surface area contributed by atoms with Crippen molar-refractivity contribution in [1.29, 1.82) is 0 Å². The predicted octanol–water partition coefficient (Wildman–Crippen LogP) is 2.51. The highest BCUT2D eigenvalue weighted by molar-refractivity contribution is 7.09. The summed E-state index contributed by atoms with van der Waals surface area (Å²) in [6.07, 6.45) is 2.97. The van der Waals surface area contributed by atoms with Gasteiger partial charge in [0.05, 0.1) is 10.7 Å². The van der Waals surface area contributed by atoms with E-state index in [2.05, 4.69) is 47.6 Å². The zero-order chi connectivity index (χ0) is 14.5. The smallest absolute Gasteiger partial charge is 0.0943 e. The highest BCUT2D eigenvalue weighted by Crippen LogP contribution is 2.14. The van der Waals surface area contributed by atoms with Crippen LogP contribution in [-0.4, -0.2) is 27.4 Å². The Hall–Kier alpha value is -1.20. The molecule has 0 aliphatic carbocycles. The first-order valence-corrected chi connectivity index (χ1v) is 8.16. The molecular formula is C15H24N4S. The van der Waals surface area contributed by atoms with Gasteiger partial charge in [-0.1, -0.05) is 13.8 Å². The molecule has 0 fully saturated rings. The van der Waals surface area contributed by atoms with Crippen molar-refractivity contribution in [2.45, 2.75) is 46.1 Å². The molecule has 0 bridgehead atoms. The Bertz CT molecular complexity index is 544. The first-order chi connectivity index (χ1) is 9.62. The summed E-state index contributed by atoms with van der Waals surface area (Å²) in [6, 6.07) is 2.64. The lowest BCUT2D eigenvalue weighted by molar-refractivity contribution is 0.503. The average molecular weight is 292 g/mol. The average Bonchev–Trinajstić information content (AvgIpc) is 2.97. The molecule has 2 aromatic rings. The third kappa shape index (κ3) is 3.90. The van der Waals surface area contributed by atoms with Crippen molar-refractivity contribution >= 4 is 11.3 Å². The topological polar surface area (TPSA) is 42.7 Å². The van der Waals surface area contributed by atoms with Gasteiger partial charge in [0.2, 0.25) is 0 Å². The summed E-state index contributed by atoms with van der Waals surface area (Å²) in [6.45, 7) is 7.33. The second-order valence-electron chi connectivity index (χ2n) is 5.15. The molecular weight excluding hydrogens is 268 g/mol. The van der Waals surface area contributed by atoms with Gasteiger partial charge in [-0.15, -0.1) is 11.3 Å². The number of aromatic nitrogens is 3. The van der Waals surface area contributed by atoms with E-state index in [1.807, 2.05) is 11.7 Å². The number of likely N-dealkylation sites (N-methyl/N-ethyl adjacent to an activating group) is 1. The second kappa shape index (κ2) is 6.99. The minimum absolute atomic E-state index is 0.422. The molecule has 2 rings (SSSR count). The number of hydrogen-bond acceptors (Lipinski definition) is 4. The number of nitrogens with zero attached hydrogens (tertiary/aromatic N) is 3. The first-order valence-electron chi connectivity index (χ1n) is 7.28. The van der Waals surface area contributed by atoms with Crippen molar-refractivity contribution in [2.75, 3.05) is 6.54 Å². The van der Waals surface area contributed by atoms with Gasteiger partial charge in [-0.25, -0.2) is 4.98 Å². The maximum Gasteiger partial charge on any atom is 0.0943 e. The predicted molar refractivity (Wildman–Crippen MR) is 84.3 cm³/mol. The fourth-order valence-corrected chi connectivity index (χ4v) is 3.25. The van der Waals surface area contributed by atoms with Gasteiger partial charge in [-0.3, -0.25) is 4.68 Å². The third-order valence-electron chi connectivity index (χ3n) is 3.43. The highest BCUT2D eigenvalue weighted by Gasteiger charge is 2.14. The molecule has 0 saturated carbocycles. The van der Waals surface area contributed by atoms with E-state index in [9.17, 15) is 0 Å². The molecule has 0 aliphatic rings. The molecule has 2 aromatic heterocycles. The number of hydrogen-bond donors (Lipinski definition) is 1. The minimum Gasteiger partial charge on any atom is -0.313 e. The maximum absolute atomic E-state index is 4.57. The molecule has 0 amide bonds. The quantitative estimate of drug-likeness (QED) is 0.852. The van der Waals surface area contributed by atoms with Gasteiger partial charge in [-0.05, 0) is 26.0 Å². The summed E-state index contributed by atoms with van der Waals surface area (Å²) in [7, 11) is 2.03. The first kappa shape index (κ1) is 15.2. The van der Waals surface area contributed by atoms with Crippen LogP contribution in [0.1, 0.15) is 35.9 Å². The van der Waals surface area contributed by atoms with Gasteiger partial charge >= 0.3 is 0 Å². The maximum atomic E-state index is 4.57. The van der Waals surface area contributed by atoms with Crippen LogP contribution in [0.2, 0.25) is 0 Å². The van der Waals surface area contributed by atoms with Crippen molar-refractivity contribution in [3.8, 4) is 0 Å². The zero-order valence-electron chi connectivity index (χ0n) is 12.8. The molecule has 0 spiro atoms. The Morgan fingerprint density at radius 3 is 2.70 bits per heavy atom. The van der Waals surface area contributed by atoms with E-state index in [1.54, 1.807) is 11.3 Å². The van der Waals surface area contributed by atoms with Crippen molar-refractivity contribution < 1.29 is 0 Å². The van der Waals surface area contributed by atoms with Crippen LogP contribution in [0.25, 0.3) is 0 Å². The van der Waals surface area contributed by atoms with Gasteiger partial charge in [0, 0.05) is 42.7 Å². The molecule has 20 heavy (non-hydrogen) atoms. The normalized spacial score (nSPS) is 12.8. The summed E-state index contributed by atoms with van der Waals surface area (Å²) >= 11 is 1.75. The van der Waals surface area contributed by atoms with E-state index in [0.717, 1.165) is 31.5 Å². The summed E-state index contributed by atoms with van der Waals surface area (Å²) in [5.74, 6) is 0. The Labute approximate surface area is 125 Å². The zero-order valence-corrected chi connectivity index (χ0v) is 13.6. The van der Waals surface area contributed by atoms with Crippen LogP contribution in [0.4, 0.5) is 0 Å². The Morgan fingerprint density at radius 1 is 1.35 bits per heavy atom. The second-order valence-corrected chi connectivity index (χ2v) is 6.09. The van der Waals surface area contributed by atoms with Crippen molar-refractivity contribution in [1.82, 2.24) is 20.1 Å². The fourth-order valence-electron chi connectivity index (χ4n) is 2.40. The van der Waals surface area contributed by atoms with Crippen LogP contribution in [-0.2, 0) is 26.3 Å². The van der Waals surface area contributed by atoms with E-state index in [4.69, 9.17) is 0 Å². The lowest BCUT2D eigenvalue weighted by atomic mass is 10.1. The van der Waals surface area contributed by atoms with Gasteiger partial charge in [-0.2, -0.15) is 5.10 Å². The van der Waals surface area contributed by atoms with E-state index >= 15 is 0 Å². The Morgan fingerprint density at radius 2 is 2.15 bits per heavy atom.